The molecule has 22 heteroatoms. The topological polar surface area (TPSA) is 219 Å². The van der Waals surface area contributed by atoms with Crippen LogP contribution < -0.4 is 30.4 Å². The van der Waals surface area contributed by atoms with Gasteiger partial charge in [0.25, 0.3) is 0 Å². The van der Waals surface area contributed by atoms with Crippen LogP contribution in [0.15, 0.2) is 107 Å². The number of primary sulfonamides is 2. The molecule has 0 saturated carbocycles. The summed E-state index contributed by atoms with van der Waals surface area (Å²) in [5.41, 5.74) is 0.240. The van der Waals surface area contributed by atoms with Gasteiger partial charge in [0.05, 0.1) is 25.6 Å². The normalized spacial score (nSPS) is 13.4. The van der Waals surface area contributed by atoms with E-state index in [1.807, 2.05) is 0 Å². The molecular weight excluding hydrogens is 905 g/mol. The number of aromatic nitrogens is 1. The maximum absolute atomic E-state index is 13.1. The first-order valence-corrected chi connectivity index (χ1v) is 22.0. The fourth-order valence-electron chi connectivity index (χ4n) is 5.74. The van der Waals surface area contributed by atoms with Gasteiger partial charge in [0, 0.05) is 34.6 Å². The monoisotopic (exact) mass is 941 g/mol. The van der Waals surface area contributed by atoms with Gasteiger partial charge in [0.2, 0.25) is 31.9 Å². The van der Waals surface area contributed by atoms with E-state index in [-0.39, 0.29) is 57.3 Å². The van der Waals surface area contributed by atoms with E-state index in [2.05, 4.69) is 15.6 Å². The first-order chi connectivity index (χ1) is 29.2. The first-order valence-electron chi connectivity index (χ1n) is 18.2. The van der Waals surface area contributed by atoms with Gasteiger partial charge in [-0.25, -0.2) is 36.5 Å². The number of carbonyl (C=O) groups excluding carboxylic acids is 2. The molecule has 1 aliphatic heterocycles. The Morgan fingerprint density at radius 1 is 0.758 bits per heavy atom. The number of nitrogens with zero attached hydrogens (tertiary/aromatic N) is 1. The number of nitrogens with one attached hydrogen (secondary N) is 2. The Hall–Kier alpha value is -5.35. The summed E-state index contributed by atoms with van der Waals surface area (Å²) in [7, 11) is -8.39. The van der Waals surface area contributed by atoms with Gasteiger partial charge < -0.3 is 24.8 Å². The third-order valence-corrected chi connectivity index (χ3v) is 11.4. The molecule has 62 heavy (non-hydrogen) atoms. The molecule has 0 spiro atoms. The molecule has 0 aliphatic carbocycles. The van der Waals surface area contributed by atoms with Gasteiger partial charge in [-0.1, -0.05) is 47.5 Å². The number of hydrogen-bond donors (Lipinski definition) is 4. The molecule has 0 radical (unpaired) electrons. The van der Waals surface area contributed by atoms with Crippen molar-refractivity contribution < 1.29 is 58.2 Å². The molecule has 4 aromatic carbocycles. The van der Waals surface area contributed by atoms with Crippen molar-refractivity contribution in [2.75, 3.05) is 30.5 Å². The first kappa shape index (κ1) is 47.7. The maximum Gasteiger partial charge on any atom is 0.433 e. The smallest absolute Gasteiger partial charge is 0.433 e. The predicted molar refractivity (Wildman–Crippen MR) is 222 cm³/mol. The third kappa shape index (κ3) is 14.1. The highest BCUT2D eigenvalue weighted by atomic mass is 35.5. The van der Waals surface area contributed by atoms with Crippen LogP contribution >= 0.6 is 23.2 Å². The van der Waals surface area contributed by atoms with Crippen molar-refractivity contribution in [3.8, 4) is 17.2 Å². The number of anilines is 2. The fourth-order valence-corrected chi connectivity index (χ4v) is 7.56. The largest absolute Gasteiger partial charge is 0.492 e. The Morgan fingerprint density at radius 3 is 1.85 bits per heavy atom. The third-order valence-electron chi connectivity index (χ3n) is 8.81. The highest BCUT2D eigenvalue weighted by molar-refractivity contribution is 7.89. The Bertz CT molecular complexity index is 2640. The summed E-state index contributed by atoms with van der Waals surface area (Å²) in [6.07, 6.45) is -2.32. The molecule has 0 atom stereocenters. The van der Waals surface area contributed by atoms with Crippen LogP contribution in [-0.2, 0) is 53.4 Å². The average molecular weight is 943 g/mol. The number of carbonyl (C=O) groups is 2. The summed E-state index contributed by atoms with van der Waals surface area (Å²) in [5.74, 6) is -1.40. The number of nitrogens with two attached hydrogens (primary N) is 2. The van der Waals surface area contributed by atoms with Crippen LogP contribution in [0.25, 0.3) is 0 Å². The van der Waals surface area contributed by atoms with E-state index >= 15 is 0 Å². The van der Waals surface area contributed by atoms with Crippen molar-refractivity contribution in [3.05, 3.63) is 130 Å². The van der Waals surface area contributed by atoms with Gasteiger partial charge in [0.1, 0.15) is 38.6 Å². The van der Waals surface area contributed by atoms with Crippen LogP contribution in [0, 0.1) is 11.7 Å². The van der Waals surface area contributed by atoms with E-state index in [1.54, 1.807) is 24.3 Å². The Balaban J connectivity index is 0.000000235. The van der Waals surface area contributed by atoms with Crippen LogP contribution in [0.2, 0.25) is 10.0 Å². The Morgan fingerprint density at radius 2 is 1.32 bits per heavy atom. The van der Waals surface area contributed by atoms with Gasteiger partial charge in [-0.3, -0.25) is 9.59 Å². The number of ether oxygens (including phenoxy) is 3. The zero-order chi connectivity index (χ0) is 45.2. The maximum atomic E-state index is 13.1. The lowest BCUT2D eigenvalue weighted by Crippen LogP contribution is -2.22. The van der Waals surface area contributed by atoms with Gasteiger partial charge >= 0.3 is 6.18 Å². The lowest BCUT2D eigenvalue weighted by atomic mass is 10.0. The minimum atomic E-state index is -4.63. The van der Waals surface area contributed by atoms with Gasteiger partial charge in [-0.05, 0) is 96.6 Å². The van der Waals surface area contributed by atoms with Crippen molar-refractivity contribution in [1.82, 2.24) is 4.98 Å². The molecule has 0 unspecified atom stereocenters. The zero-order valence-corrected chi connectivity index (χ0v) is 35.3. The quantitative estimate of drug-likeness (QED) is 0.0853. The Kier molecular flexibility index (Phi) is 15.9. The standard InChI is InChI=1S/C20H15ClF3N3O4S.C20H22ClFN2O5S/c21-15-4-2-1-3-12(15)9-19(28)27-13-5-7-16(17(10-13)32(25,29)30)31-14-6-8-18(26-11-14)20(22,23)24;21-17-10-15(22)2-1-14(17)9-20(25)24-16-3-4-18(19(11-16)30(23,26)27)29-12-13-5-7-28-8-6-13/h1-8,10-11H,9H2,(H,27,28)(H2,25,29,30);1-4,10-11,13H,5-9,12H2,(H,24,25)(H2,23,26,27). The molecule has 2 heterocycles. The summed E-state index contributed by atoms with van der Waals surface area (Å²) in [5, 5.41) is 16.2. The van der Waals surface area contributed by atoms with Gasteiger partial charge in [-0.15, -0.1) is 0 Å². The van der Waals surface area contributed by atoms with E-state index in [0.717, 1.165) is 37.2 Å². The van der Waals surface area contributed by atoms with Gasteiger partial charge in [0.15, 0.2) is 0 Å². The molecule has 6 rings (SSSR count). The highest BCUT2D eigenvalue weighted by Gasteiger charge is 2.32. The number of pyridine rings is 1. The molecule has 5 aromatic rings. The summed E-state index contributed by atoms with van der Waals surface area (Å²) in [6, 6.07) is 20.0. The number of halogens is 6. The second kappa shape index (κ2) is 20.7. The lowest BCUT2D eigenvalue weighted by Gasteiger charge is -2.22. The van der Waals surface area contributed by atoms with E-state index in [1.165, 1.54) is 42.5 Å². The minimum absolute atomic E-state index is 0.0557. The summed E-state index contributed by atoms with van der Waals surface area (Å²) >= 11 is 12.0. The van der Waals surface area contributed by atoms with E-state index < -0.39 is 54.4 Å². The molecule has 1 aliphatic rings. The fraction of sp³-hybridized carbons (Fsp3) is 0.225. The van der Waals surface area contributed by atoms with Crippen molar-refractivity contribution in [2.45, 2.75) is 41.7 Å². The van der Waals surface area contributed by atoms with Gasteiger partial charge in [-0.2, -0.15) is 13.2 Å². The van der Waals surface area contributed by atoms with Crippen LogP contribution in [-0.4, -0.2) is 53.5 Å². The summed E-state index contributed by atoms with van der Waals surface area (Å²) < 4.78 is 115. The van der Waals surface area contributed by atoms with Crippen LogP contribution in [0.1, 0.15) is 29.7 Å². The molecule has 0 bridgehead atoms. The van der Waals surface area contributed by atoms with Crippen LogP contribution in [0.5, 0.6) is 17.2 Å². The molecular formula is C40H37Cl2F4N5O9S2. The van der Waals surface area contributed by atoms with Crippen molar-refractivity contribution in [2.24, 2.45) is 16.2 Å². The number of amides is 2. The number of hydrogen-bond acceptors (Lipinski definition) is 10. The average Bonchev–Trinajstić information content (AvgIpc) is 3.20. The second-order valence-electron chi connectivity index (χ2n) is 13.5. The highest BCUT2D eigenvalue weighted by Crippen LogP contribution is 2.33. The molecule has 1 saturated heterocycles. The van der Waals surface area contributed by atoms with Crippen molar-refractivity contribution >= 4 is 66.4 Å². The molecule has 6 N–H and O–H groups in total. The number of sulfonamides is 2. The van der Waals surface area contributed by atoms with Crippen molar-refractivity contribution in [1.29, 1.82) is 0 Å². The number of alkyl halides is 3. The summed E-state index contributed by atoms with van der Waals surface area (Å²) in [4.78, 5) is 27.2. The van der Waals surface area contributed by atoms with E-state index in [9.17, 15) is 44.0 Å². The van der Waals surface area contributed by atoms with Crippen molar-refractivity contribution in [3.63, 3.8) is 0 Å². The van der Waals surface area contributed by atoms with Crippen LogP contribution in [0.4, 0.5) is 28.9 Å². The molecule has 14 nitrogen and oxygen atoms in total. The molecule has 2 amide bonds. The number of benzene rings is 4. The predicted octanol–water partition coefficient (Wildman–Crippen LogP) is 7.49. The zero-order valence-electron chi connectivity index (χ0n) is 32.1. The number of rotatable bonds is 13. The molecule has 330 valence electrons. The van der Waals surface area contributed by atoms with E-state index in [4.69, 9.17) is 47.7 Å². The minimum Gasteiger partial charge on any atom is -0.492 e. The Labute approximate surface area is 363 Å². The summed E-state index contributed by atoms with van der Waals surface area (Å²) in [6.45, 7) is 1.65. The molecule has 1 fully saturated rings. The molecule has 1 aromatic heterocycles. The van der Waals surface area contributed by atoms with Crippen LogP contribution in [0.3, 0.4) is 0 Å². The van der Waals surface area contributed by atoms with E-state index in [0.29, 0.717) is 42.0 Å². The second-order valence-corrected chi connectivity index (χ2v) is 17.4. The SMILES string of the molecule is NS(=O)(=O)c1cc(NC(=O)Cc2ccc(F)cc2Cl)ccc1OCC1CCOCC1.NS(=O)(=O)c1cc(NC(=O)Cc2ccccc2Cl)ccc1Oc1ccc(C(F)(F)F)nc1. The lowest BCUT2D eigenvalue weighted by molar-refractivity contribution is -0.141.